The van der Waals surface area contributed by atoms with Crippen LogP contribution in [0.2, 0.25) is 0 Å². The molecule has 1 fully saturated rings. The van der Waals surface area contributed by atoms with Crippen molar-refractivity contribution >= 4 is 27.3 Å². The Morgan fingerprint density at radius 3 is 2.37 bits per heavy atom. The van der Waals surface area contributed by atoms with Crippen LogP contribution in [-0.4, -0.2) is 18.0 Å². The summed E-state index contributed by atoms with van der Waals surface area (Å²) in [4.78, 5) is 13.2. The van der Waals surface area contributed by atoms with Crippen molar-refractivity contribution in [3.05, 3.63) is 33.9 Å². The highest BCUT2D eigenvalue weighted by atomic mass is 79.9. The summed E-state index contributed by atoms with van der Waals surface area (Å²) in [5.74, 6) is 0. The van der Waals surface area contributed by atoms with Gasteiger partial charge < -0.3 is 4.90 Å². The van der Waals surface area contributed by atoms with Crippen LogP contribution in [0.25, 0.3) is 0 Å². The van der Waals surface area contributed by atoms with Gasteiger partial charge in [-0.05, 0) is 24.5 Å². The van der Waals surface area contributed by atoms with Gasteiger partial charge in [0.2, 0.25) is 0 Å². The molecule has 1 saturated heterocycles. The topological polar surface area (TPSA) is 46.4 Å². The first-order chi connectivity index (χ1) is 9.22. The van der Waals surface area contributed by atoms with E-state index in [4.69, 9.17) is 0 Å². The third-order valence-corrected chi connectivity index (χ3v) is 4.24. The van der Waals surface area contributed by atoms with E-state index < -0.39 is 0 Å². The molecule has 19 heavy (non-hydrogen) atoms. The molecule has 5 heteroatoms. The van der Waals surface area contributed by atoms with E-state index in [0.29, 0.717) is 5.33 Å². The molecule has 0 atom stereocenters. The highest BCUT2D eigenvalue weighted by Gasteiger charge is 2.20. The Hall–Kier alpha value is -1.10. The second-order valence-corrected chi connectivity index (χ2v) is 5.53. The zero-order valence-electron chi connectivity index (χ0n) is 11.0. The van der Waals surface area contributed by atoms with Crippen molar-refractivity contribution in [2.45, 2.75) is 37.4 Å². The molecule has 0 amide bonds. The Labute approximate surface area is 122 Å². The second-order valence-electron chi connectivity index (χ2n) is 4.97. The number of halogens is 1. The van der Waals surface area contributed by atoms with Crippen LogP contribution in [0.1, 0.15) is 37.7 Å². The summed E-state index contributed by atoms with van der Waals surface area (Å²) < 4.78 is 0. The van der Waals surface area contributed by atoms with Crippen LogP contribution < -0.4 is 4.90 Å². The lowest BCUT2D eigenvalue weighted by molar-refractivity contribution is -0.384. The molecule has 0 unspecified atom stereocenters. The van der Waals surface area contributed by atoms with Gasteiger partial charge >= 0.3 is 0 Å². The molecule has 0 bridgehead atoms. The number of hydrogen-bond acceptors (Lipinski definition) is 3. The van der Waals surface area contributed by atoms with E-state index in [1.54, 1.807) is 6.07 Å². The van der Waals surface area contributed by atoms with Gasteiger partial charge in [-0.1, -0.05) is 41.3 Å². The molecule has 4 nitrogen and oxygen atoms in total. The van der Waals surface area contributed by atoms with E-state index in [1.165, 1.54) is 19.3 Å². The summed E-state index contributed by atoms with van der Waals surface area (Å²) in [7, 11) is 0. The molecule has 1 aliphatic rings. The lowest BCUT2D eigenvalue weighted by Crippen LogP contribution is -2.27. The van der Waals surface area contributed by atoms with Gasteiger partial charge in [0.15, 0.2) is 0 Å². The molecular formula is C14H19BrN2O2. The molecular weight excluding hydrogens is 308 g/mol. The summed E-state index contributed by atoms with van der Waals surface area (Å²) in [5, 5.41) is 11.9. The SMILES string of the molecule is O=[N+]([O-])c1cc(CBr)ccc1N1CCCCCCC1. The third kappa shape index (κ3) is 3.69. The summed E-state index contributed by atoms with van der Waals surface area (Å²) in [6, 6.07) is 5.55. The van der Waals surface area contributed by atoms with Gasteiger partial charge in [0, 0.05) is 24.5 Å². The standard InChI is InChI=1S/C14H19BrN2O2/c15-11-12-6-7-13(14(10-12)17(18)19)16-8-4-2-1-3-5-9-16/h6-7,10H,1-5,8-9,11H2. The monoisotopic (exact) mass is 326 g/mol. The number of hydrogen-bond donors (Lipinski definition) is 0. The maximum absolute atomic E-state index is 11.2. The van der Waals surface area contributed by atoms with E-state index in [0.717, 1.165) is 37.2 Å². The molecule has 2 rings (SSSR count). The van der Waals surface area contributed by atoms with Crippen LogP contribution >= 0.6 is 15.9 Å². The summed E-state index contributed by atoms with van der Waals surface area (Å²) in [5.41, 5.74) is 1.96. The number of benzene rings is 1. The van der Waals surface area contributed by atoms with Crippen molar-refractivity contribution in [3.63, 3.8) is 0 Å². The van der Waals surface area contributed by atoms with E-state index in [-0.39, 0.29) is 10.6 Å². The van der Waals surface area contributed by atoms with Crippen LogP contribution in [0, 0.1) is 10.1 Å². The quantitative estimate of drug-likeness (QED) is 0.473. The molecule has 0 aromatic heterocycles. The largest absolute Gasteiger partial charge is 0.366 e. The van der Waals surface area contributed by atoms with Gasteiger partial charge in [0.25, 0.3) is 5.69 Å². The molecule has 0 spiro atoms. The molecule has 1 aromatic rings. The molecule has 0 N–H and O–H groups in total. The Balaban J connectivity index is 2.28. The number of anilines is 1. The van der Waals surface area contributed by atoms with Crippen molar-refractivity contribution in [2.75, 3.05) is 18.0 Å². The van der Waals surface area contributed by atoms with E-state index in [2.05, 4.69) is 20.8 Å². The molecule has 0 aliphatic carbocycles. The minimum absolute atomic E-state index is 0.234. The Morgan fingerprint density at radius 2 is 1.79 bits per heavy atom. The van der Waals surface area contributed by atoms with Crippen molar-refractivity contribution in [3.8, 4) is 0 Å². The smallest absolute Gasteiger partial charge is 0.292 e. The number of nitro benzene ring substituents is 1. The maximum Gasteiger partial charge on any atom is 0.292 e. The molecule has 1 aliphatic heterocycles. The summed E-state index contributed by atoms with van der Waals surface area (Å²) in [6.07, 6.45) is 5.99. The van der Waals surface area contributed by atoms with Gasteiger partial charge in [0.05, 0.1) is 4.92 Å². The predicted octanol–water partition coefficient (Wildman–Crippen LogP) is 4.26. The van der Waals surface area contributed by atoms with E-state index >= 15 is 0 Å². The van der Waals surface area contributed by atoms with Crippen molar-refractivity contribution in [2.24, 2.45) is 0 Å². The van der Waals surface area contributed by atoms with Crippen LogP contribution in [0.4, 0.5) is 11.4 Å². The predicted molar refractivity (Wildman–Crippen MR) is 81.0 cm³/mol. The first kappa shape index (κ1) is 14.3. The minimum Gasteiger partial charge on any atom is -0.366 e. The number of nitrogens with zero attached hydrogens (tertiary/aromatic N) is 2. The number of nitro groups is 1. The number of alkyl halides is 1. The van der Waals surface area contributed by atoms with Crippen molar-refractivity contribution in [1.82, 2.24) is 0 Å². The Kier molecular flexibility index (Phi) is 5.19. The van der Waals surface area contributed by atoms with Crippen LogP contribution in [0.5, 0.6) is 0 Å². The molecule has 1 heterocycles. The average molecular weight is 327 g/mol. The zero-order valence-corrected chi connectivity index (χ0v) is 12.6. The lowest BCUT2D eigenvalue weighted by Gasteiger charge is -2.26. The Bertz CT molecular complexity index is 443. The normalized spacial score (nSPS) is 16.8. The van der Waals surface area contributed by atoms with Gasteiger partial charge in [-0.3, -0.25) is 10.1 Å². The van der Waals surface area contributed by atoms with Crippen LogP contribution in [0.15, 0.2) is 18.2 Å². The van der Waals surface area contributed by atoms with Crippen LogP contribution in [-0.2, 0) is 5.33 Å². The molecule has 104 valence electrons. The summed E-state index contributed by atoms with van der Waals surface area (Å²) >= 11 is 3.35. The zero-order chi connectivity index (χ0) is 13.7. The molecule has 0 saturated carbocycles. The van der Waals surface area contributed by atoms with E-state index in [9.17, 15) is 10.1 Å². The fourth-order valence-electron chi connectivity index (χ4n) is 2.55. The second kappa shape index (κ2) is 6.89. The third-order valence-electron chi connectivity index (χ3n) is 3.59. The average Bonchev–Trinajstić information content (AvgIpc) is 2.38. The number of rotatable bonds is 3. The van der Waals surface area contributed by atoms with Gasteiger partial charge in [-0.15, -0.1) is 0 Å². The first-order valence-electron chi connectivity index (χ1n) is 6.80. The van der Waals surface area contributed by atoms with Gasteiger partial charge in [0.1, 0.15) is 5.69 Å². The van der Waals surface area contributed by atoms with Gasteiger partial charge in [-0.2, -0.15) is 0 Å². The first-order valence-corrected chi connectivity index (χ1v) is 7.93. The van der Waals surface area contributed by atoms with Crippen LogP contribution in [0.3, 0.4) is 0 Å². The summed E-state index contributed by atoms with van der Waals surface area (Å²) in [6.45, 7) is 1.85. The van der Waals surface area contributed by atoms with E-state index in [1.807, 2.05) is 12.1 Å². The van der Waals surface area contributed by atoms with Crippen molar-refractivity contribution < 1.29 is 4.92 Å². The molecule has 0 radical (unpaired) electrons. The fourth-order valence-corrected chi connectivity index (χ4v) is 2.90. The van der Waals surface area contributed by atoms with Crippen molar-refractivity contribution in [1.29, 1.82) is 0 Å². The Morgan fingerprint density at radius 1 is 1.16 bits per heavy atom. The highest BCUT2D eigenvalue weighted by Crippen LogP contribution is 2.31. The minimum atomic E-state index is -0.264. The van der Waals surface area contributed by atoms with Gasteiger partial charge in [-0.25, -0.2) is 0 Å². The lowest BCUT2D eigenvalue weighted by atomic mass is 10.1. The fraction of sp³-hybridized carbons (Fsp3) is 0.571. The molecule has 1 aromatic carbocycles. The highest BCUT2D eigenvalue weighted by molar-refractivity contribution is 9.08. The maximum atomic E-state index is 11.2.